The average molecular weight is 452 g/mol. The molecule has 0 unspecified atom stereocenters. The van der Waals surface area contributed by atoms with Gasteiger partial charge in [-0.25, -0.2) is 0 Å². The number of nitrogens with zero attached hydrogens (tertiary/aromatic N) is 1. The maximum Gasteiger partial charge on any atom is 0.162 e. The molecule has 32 heavy (non-hydrogen) atoms. The number of Topliss-reactive ketones (excluding diaryl/α,β-unsaturated/α-hetero) is 2. The number of hydrogen-bond acceptors (Lipinski definition) is 4. The molecule has 0 fully saturated rings. The fraction of sp³-hybridized carbons (Fsp3) is 0.481. The Labute approximate surface area is 195 Å². The number of terminal acetylenes is 1. The summed E-state index contributed by atoms with van der Waals surface area (Å²) in [6.07, 6.45) is 7.87. The standard InChI is InChI=1S/C27H30ClNO3/c1-7-10-32-22-9-8-16(28)11-17(22)23-24-18(12-26(2,3)14-20(24)30)29(6)19-13-27(4,5)15-21(31)25(19)23/h1,8-9,11,23H,10,12-15H2,2-6H3. The predicted molar refractivity (Wildman–Crippen MR) is 126 cm³/mol. The van der Waals surface area contributed by atoms with E-state index in [0.717, 1.165) is 29.8 Å². The molecule has 1 aromatic rings. The first-order valence-corrected chi connectivity index (χ1v) is 11.4. The molecule has 0 radical (unpaired) electrons. The zero-order chi connectivity index (χ0) is 23.4. The van der Waals surface area contributed by atoms with Crippen LogP contribution in [0.3, 0.4) is 0 Å². The molecule has 1 aromatic carbocycles. The third-order valence-electron chi connectivity index (χ3n) is 6.77. The van der Waals surface area contributed by atoms with Crippen molar-refractivity contribution >= 4 is 23.2 Å². The minimum absolute atomic E-state index is 0.0835. The smallest absolute Gasteiger partial charge is 0.162 e. The fourth-order valence-corrected chi connectivity index (χ4v) is 5.65. The lowest BCUT2D eigenvalue weighted by atomic mass is 9.63. The van der Waals surface area contributed by atoms with Crippen LogP contribution in [0.25, 0.3) is 0 Å². The Bertz CT molecular complexity index is 1060. The van der Waals surface area contributed by atoms with E-state index < -0.39 is 5.92 Å². The number of benzene rings is 1. The maximum atomic E-state index is 13.6. The van der Waals surface area contributed by atoms with Crippen molar-refractivity contribution in [3.05, 3.63) is 51.3 Å². The van der Waals surface area contributed by atoms with Gasteiger partial charge >= 0.3 is 0 Å². The first-order chi connectivity index (χ1) is 14.9. The van der Waals surface area contributed by atoms with Crippen molar-refractivity contribution < 1.29 is 14.3 Å². The molecule has 4 nitrogen and oxygen atoms in total. The van der Waals surface area contributed by atoms with E-state index in [1.807, 2.05) is 13.1 Å². The summed E-state index contributed by atoms with van der Waals surface area (Å²) in [6.45, 7) is 8.59. The van der Waals surface area contributed by atoms with Gasteiger partial charge in [0.2, 0.25) is 0 Å². The Hall–Kier alpha value is -2.51. The van der Waals surface area contributed by atoms with Crippen LogP contribution in [-0.4, -0.2) is 30.1 Å². The SMILES string of the molecule is C#CCOc1ccc(Cl)cc1C1C2=C(CC(C)(C)CC2=O)N(C)C2=C1C(=O)CC(C)(C)C2. The van der Waals surface area contributed by atoms with E-state index in [2.05, 4.69) is 38.5 Å². The quantitative estimate of drug-likeness (QED) is 0.555. The highest BCUT2D eigenvalue weighted by Crippen LogP contribution is 2.55. The van der Waals surface area contributed by atoms with E-state index in [9.17, 15) is 9.59 Å². The Balaban J connectivity index is 2.00. The molecule has 0 saturated carbocycles. The van der Waals surface area contributed by atoms with Crippen molar-refractivity contribution in [3.63, 3.8) is 0 Å². The summed E-state index contributed by atoms with van der Waals surface area (Å²) < 4.78 is 5.86. The van der Waals surface area contributed by atoms with Gasteiger partial charge in [0.15, 0.2) is 11.6 Å². The van der Waals surface area contributed by atoms with Crippen molar-refractivity contribution in [2.75, 3.05) is 13.7 Å². The van der Waals surface area contributed by atoms with Crippen LogP contribution in [0, 0.1) is 23.2 Å². The van der Waals surface area contributed by atoms with Crippen LogP contribution < -0.4 is 4.74 Å². The summed E-state index contributed by atoms with van der Waals surface area (Å²) in [7, 11) is 2.00. The summed E-state index contributed by atoms with van der Waals surface area (Å²) in [5.74, 6) is 2.74. The van der Waals surface area contributed by atoms with Gasteiger partial charge in [-0.3, -0.25) is 9.59 Å². The van der Waals surface area contributed by atoms with E-state index >= 15 is 0 Å². The second-order valence-corrected chi connectivity index (χ2v) is 11.2. The average Bonchev–Trinajstić information content (AvgIpc) is 2.67. The first kappa shape index (κ1) is 22.7. The van der Waals surface area contributed by atoms with Crippen molar-refractivity contribution in [1.29, 1.82) is 0 Å². The number of hydrogen-bond donors (Lipinski definition) is 0. The van der Waals surface area contributed by atoms with Gasteiger partial charge < -0.3 is 9.64 Å². The van der Waals surface area contributed by atoms with Crippen LogP contribution >= 0.6 is 11.6 Å². The third-order valence-corrected chi connectivity index (χ3v) is 7.01. The van der Waals surface area contributed by atoms with Crippen LogP contribution in [0.5, 0.6) is 5.75 Å². The topological polar surface area (TPSA) is 46.6 Å². The van der Waals surface area contributed by atoms with Gasteiger partial charge in [0.25, 0.3) is 0 Å². The molecule has 168 valence electrons. The number of carbonyl (C=O) groups is 2. The maximum absolute atomic E-state index is 13.6. The molecule has 0 spiro atoms. The Kier molecular flexibility index (Phi) is 5.54. The third kappa shape index (κ3) is 3.88. The van der Waals surface area contributed by atoms with E-state index in [0.29, 0.717) is 34.8 Å². The minimum atomic E-state index is -0.491. The van der Waals surface area contributed by atoms with Gasteiger partial charge in [-0.05, 0) is 41.9 Å². The highest BCUT2D eigenvalue weighted by molar-refractivity contribution is 6.30. The summed E-state index contributed by atoms with van der Waals surface area (Å²) in [4.78, 5) is 29.3. The lowest BCUT2D eigenvalue weighted by Crippen LogP contribution is -2.43. The molecule has 5 heteroatoms. The zero-order valence-corrected chi connectivity index (χ0v) is 20.2. The van der Waals surface area contributed by atoms with Crippen LogP contribution in [0.1, 0.15) is 64.9 Å². The minimum Gasteiger partial charge on any atom is -0.481 e. The Morgan fingerprint density at radius 3 is 2.06 bits per heavy atom. The summed E-state index contributed by atoms with van der Waals surface area (Å²) in [5.41, 5.74) is 3.86. The predicted octanol–water partition coefficient (Wildman–Crippen LogP) is 5.67. The van der Waals surface area contributed by atoms with E-state index in [-0.39, 0.29) is 29.0 Å². The van der Waals surface area contributed by atoms with Crippen molar-refractivity contribution in [2.45, 2.75) is 59.3 Å². The van der Waals surface area contributed by atoms with E-state index in [1.165, 1.54) is 0 Å². The van der Waals surface area contributed by atoms with E-state index in [4.69, 9.17) is 22.8 Å². The second kappa shape index (κ2) is 7.81. The first-order valence-electron chi connectivity index (χ1n) is 11.1. The number of halogens is 1. The van der Waals surface area contributed by atoms with Crippen LogP contribution in [0.2, 0.25) is 5.02 Å². The molecule has 1 heterocycles. The monoisotopic (exact) mass is 451 g/mol. The lowest BCUT2D eigenvalue weighted by molar-refractivity contribution is -0.119. The molecular formula is C27H30ClNO3. The molecule has 4 rings (SSSR count). The molecule has 0 bridgehead atoms. The molecule has 0 N–H and O–H groups in total. The summed E-state index contributed by atoms with van der Waals surface area (Å²) >= 11 is 6.40. The van der Waals surface area contributed by atoms with Crippen LogP contribution in [0.4, 0.5) is 0 Å². The van der Waals surface area contributed by atoms with Gasteiger partial charge in [-0.15, -0.1) is 6.42 Å². The normalized spacial score (nSPS) is 22.5. The number of ketones is 2. The number of rotatable bonds is 3. The number of allylic oxidation sites excluding steroid dienone is 4. The van der Waals surface area contributed by atoms with Crippen LogP contribution in [-0.2, 0) is 9.59 Å². The van der Waals surface area contributed by atoms with E-state index in [1.54, 1.807) is 12.1 Å². The van der Waals surface area contributed by atoms with Crippen molar-refractivity contribution in [1.82, 2.24) is 4.90 Å². The fourth-order valence-electron chi connectivity index (χ4n) is 5.47. The van der Waals surface area contributed by atoms with Gasteiger partial charge in [0, 0.05) is 58.9 Å². The molecule has 0 amide bonds. The number of ether oxygens (including phenoxy) is 1. The largest absolute Gasteiger partial charge is 0.481 e. The molecule has 1 aliphatic heterocycles. The molecule has 2 aliphatic carbocycles. The van der Waals surface area contributed by atoms with Crippen molar-refractivity contribution in [2.24, 2.45) is 10.8 Å². The highest BCUT2D eigenvalue weighted by Gasteiger charge is 2.48. The van der Waals surface area contributed by atoms with Gasteiger partial charge in [-0.1, -0.05) is 45.2 Å². The van der Waals surface area contributed by atoms with Crippen molar-refractivity contribution in [3.8, 4) is 18.1 Å². The summed E-state index contributed by atoms with van der Waals surface area (Å²) in [6, 6.07) is 5.34. The van der Waals surface area contributed by atoms with Gasteiger partial charge in [0.05, 0.1) is 0 Å². The molecule has 3 aliphatic rings. The van der Waals surface area contributed by atoms with Gasteiger partial charge in [-0.2, -0.15) is 0 Å². The lowest BCUT2D eigenvalue weighted by Gasteiger charge is -2.48. The number of carbonyl (C=O) groups excluding carboxylic acids is 2. The zero-order valence-electron chi connectivity index (χ0n) is 19.5. The molecule has 0 aromatic heterocycles. The Morgan fingerprint density at radius 1 is 1.03 bits per heavy atom. The van der Waals surface area contributed by atoms with Crippen LogP contribution in [0.15, 0.2) is 40.7 Å². The van der Waals surface area contributed by atoms with Gasteiger partial charge in [0.1, 0.15) is 12.4 Å². The Morgan fingerprint density at radius 2 is 1.56 bits per heavy atom. The molecule has 0 atom stereocenters. The molecule has 0 saturated heterocycles. The summed E-state index contributed by atoms with van der Waals surface area (Å²) in [5, 5.41) is 0.531. The highest BCUT2D eigenvalue weighted by atomic mass is 35.5. The molecular weight excluding hydrogens is 422 g/mol. The second-order valence-electron chi connectivity index (χ2n) is 10.8.